The summed E-state index contributed by atoms with van der Waals surface area (Å²) in [6.07, 6.45) is 1.49. The van der Waals surface area contributed by atoms with Crippen LogP contribution < -0.4 is 16.6 Å². The van der Waals surface area contributed by atoms with Crippen molar-refractivity contribution >= 4 is 35.1 Å². The molecule has 0 aromatic carbocycles. The summed E-state index contributed by atoms with van der Waals surface area (Å²) in [6, 6.07) is 1.20. The number of nitrogen functional groups attached to an aromatic ring is 1. The molecule has 0 atom stereocenters. The Kier molecular flexibility index (Phi) is 4.23. The van der Waals surface area contributed by atoms with Gasteiger partial charge in [0.05, 0.1) is 11.2 Å². The van der Waals surface area contributed by atoms with E-state index in [1.807, 2.05) is 6.92 Å². The number of nitrogens with two attached hydrogens (primary N) is 1. The number of nitrogens with zero attached hydrogens (tertiary/aromatic N) is 3. The number of hydrogen-bond acceptors (Lipinski definition) is 7. The molecule has 0 unspecified atom stereocenters. The summed E-state index contributed by atoms with van der Waals surface area (Å²) < 4.78 is 0. The molecule has 0 fully saturated rings. The molecule has 2 heterocycles. The molecule has 2 aromatic rings. The molecule has 2 rings (SSSR count). The third-order valence-corrected chi connectivity index (χ3v) is 3.26. The van der Waals surface area contributed by atoms with Gasteiger partial charge in [-0.25, -0.2) is 15.0 Å². The summed E-state index contributed by atoms with van der Waals surface area (Å²) in [5.41, 5.74) is 5.18. The Morgan fingerprint density at radius 1 is 1.53 bits per heavy atom. The van der Waals surface area contributed by atoms with Gasteiger partial charge in [-0.15, -0.1) is 0 Å². The van der Waals surface area contributed by atoms with E-state index in [4.69, 9.17) is 17.3 Å². The molecule has 100 valence electrons. The van der Waals surface area contributed by atoms with Crippen LogP contribution in [0.4, 0.5) is 11.8 Å². The Morgan fingerprint density at radius 3 is 3.00 bits per heavy atom. The number of hydrogen-bond donors (Lipinski definition) is 3. The van der Waals surface area contributed by atoms with Gasteiger partial charge in [0.2, 0.25) is 5.95 Å². The van der Waals surface area contributed by atoms with Gasteiger partial charge in [0.1, 0.15) is 10.8 Å². The van der Waals surface area contributed by atoms with E-state index >= 15 is 0 Å². The minimum absolute atomic E-state index is 0.142. The number of nitrogens with one attached hydrogen (secondary N) is 2. The van der Waals surface area contributed by atoms with Crippen molar-refractivity contribution in [2.45, 2.75) is 17.1 Å². The second-order valence-electron chi connectivity index (χ2n) is 3.45. The molecule has 0 spiro atoms. The molecule has 19 heavy (non-hydrogen) atoms. The van der Waals surface area contributed by atoms with Crippen molar-refractivity contribution in [3.63, 3.8) is 0 Å². The smallest absolute Gasteiger partial charge is 0.253 e. The van der Waals surface area contributed by atoms with E-state index in [9.17, 15) is 4.79 Å². The number of aromatic amines is 1. The molecular weight excluding hydrogens is 288 g/mol. The molecule has 0 aliphatic heterocycles. The molecule has 9 heteroatoms. The predicted octanol–water partition coefficient (Wildman–Crippen LogP) is 1.38. The van der Waals surface area contributed by atoms with Crippen LogP contribution in [0.5, 0.6) is 0 Å². The molecule has 0 saturated heterocycles. The number of rotatable bonds is 4. The van der Waals surface area contributed by atoms with Crippen molar-refractivity contribution in [3.05, 3.63) is 27.6 Å². The fraction of sp³-hybridized carbons (Fsp3) is 0.200. The van der Waals surface area contributed by atoms with Crippen molar-refractivity contribution < 1.29 is 0 Å². The zero-order chi connectivity index (χ0) is 13.8. The minimum Gasteiger partial charge on any atom is -0.383 e. The van der Waals surface area contributed by atoms with E-state index < -0.39 is 0 Å². The molecule has 7 nitrogen and oxygen atoms in total. The van der Waals surface area contributed by atoms with Crippen molar-refractivity contribution in [2.24, 2.45) is 0 Å². The lowest BCUT2D eigenvalue weighted by atomic mass is 10.6. The summed E-state index contributed by atoms with van der Waals surface area (Å²) in [7, 11) is 0. The van der Waals surface area contributed by atoms with Gasteiger partial charge in [0.25, 0.3) is 5.56 Å². The van der Waals surface area contributed by atoms with Crippen LogP contribution in [-0.4, -0.2) is 26.5 Å². The van der Waals surface area contributed by atoms with Crippen LogP contribution in [-0.2, 0) is 0 Å². The second-order valence-corrected chi connectivity index (χ2v) is 4.84. The zero-order valence-corrected chi connectivity index (χ0v) is 11.5. The molecule has 4 N–H and O–H groups in total. The van der Waals surface area contributed by atoms with Gasteiger partial charge in [0.15, 0.2) is 5.16 Å². The van der Waals surface area contributed by atoms with Gasteiger partial charge in [-0.2, -0.15) is 0 Å². The van der Waals surface area contributed by atoms with Gasteiger partial charge in [-0.05, 0) is 18.7 Å². The Bertz CT molecular complexity index is 646. The van der Waals surface area contributed by atoms with Gasteiger partial charge >= 0.3 is 0 Å². The van der Waals surface area contributed by atoms with E-state index in [1.54, 1.807) is 0 Å². The van der Waals surface area contributed by atoms with Crippen molar-refractivity contribution in [1.82, 2.24) is 19.9 Å². The van der Waals surface area contributed by atoms with Crippen LogP contribution in [0, 0.1) is 0 Å². The fourth-order valence-corrected chi connectivity index (χ4v) is 2.23. The zero-order valence-electron chi connectivity index (χ0n) is 9.98. The molecule has 0 radical (unpaired) electrons. The highest BCUT2D eigenvalue weighted by atomic mass is 35.5. The van der Waals surface area contributed by atoms with Gasteiger partial charge in [-0.1, -0.05) is 11.6 Å². The molecule has 0 aliphatic rings. The average molecular weight is 299 g/mol. The molecule has 2 aromatic heterocycles. The maximum atomic E-state index is 11.3. The predicted molar refractivity (Wildman–Crippen MR) is 74.6 cm³/mol. The number of H-pyrrole nitrogens is 1. The highest BCUT2D eigenvalue weighted by Crippen LogP contribution is 2.29. The fourth-order valence-electron chi connectivity index (χ4n) is 1.26. The lowest BCUT2D eigenvalue weighted by Gasteiger charge is -2.05. The highest BCUT2D eigenvalue weighted by molar-refractivity contribution is 7.99. The third-order valence-electron chi connectivity index (χ3n) is 1.98. The largest absolute Gasteiger partial charge is 0.383 e. The first-order valence-electron chi connectivity index (χ1n) is 5.39. The highest BCUT2D eigenvalue weighted by Gasteiger charge is 2.09. The lowest BCUT2D eigenvalue weighted by Crippen LogP contribution is -2.09. The average Bonchev–Trinajstić information content (AvgIpc) is 2.32. The van der Waals surface area contributed by atoms with Crippen LogP contribution in [0.1, 0.15) is 6.92 Å². The van der Waals surface area contributed by atoms with E-state index in [0.29, 0.717) is 27.7 Å². The Balaban J connectivity index is 2.31. The van der Waals surface area contributed by atoms with E-state index in [2.05, 4.69) is 25.3 Å². The quantitative estimate of drug-likeness (QED) is 0.578. The number of halogens is 1. The van der Waals surface area contributed by atoms with Crippen LogP contribution >= 0.6 is 23.4 Å². The maximum Gasteiger partial charge on any atom is 0.253 e. The number of anilines is 2. The minimum atomic E-state index is -0.327. The summed E-state index contributed by atoms with van der Waals surface area (Å²) in [6.45, 7) is 2.63. The van der Waals surface area contributed by atoms with Crippen LogP contribution in [0.2, 0.25) is 5.02 Å². The van der Waals surface area contributed by atoms with Gasteiger partial charge in [-0.3, -0.25) is 4.79 Å². The lowest BCUT2D eigenvalue weighted by molar-refractivity contribution is 0.936. The monoisotopic (exact) mass is 298 g/mol. The van der Waals surface area contributed by atoms with Gasteiger partial charge < -0.3 is 16.0 Å². The Labute approximate surface area is 118 Å². The third kappa shape index (κ3) is 3.58. The first kappa shape index (κ1) is 13.6. The van der Waals surface area contributed by atoms with Crippen molar-refractivity contribution in [2.75, 3.05) is 17.6 Å². The van der Waals surface area contributed by atoms with Crippen molar-refractivity contribution in [3.8, 4) is 0 Å². The summed E-state index contributed by atoms with van der Waals surface area (Å²) in [5.74, 6) is 0.601. The SMILES string of the molecule is CCNc1ncc(Cl)c(Sc2nc(N)cc(=O)[nH]2)n1. The summed E-state index contributed by atoms with van der Waals surface area (Å²) in [4.78, 5) is 26.1. The molecule has 0 amide bonds. The van der Waals surface area contributed by atoms with Crippen molar-refractivity contribution in [1.29, 1.82) is 0 Å². The summed E-state index contributed by atoms with van der Waals surface area (Å²) in [5, 5.41) is 4.16. The first-order chi connectivity index (χ1) is 9.08. The van der Waals surface area contributed by atoms with E-state index in [0.717, 1.165) is 11.8 Å². The van der Waals surface area contributed by atoms with Crippen LogP contribution in [0.15, 0.2) is 27.2 Å². The van der Waals surface area contributed by atoms with Crippen LogP contribution in [0.3, 0.4) is 0 Å². The number of aromatic nitrogens is 4. The van der Waals surface area contributed by atoms with E-state index in [1.165, 1.54) is 12.3 Å². The summed E-state index contributed by atoms with van der Waals surface area (Å²) >= 11 is 7.11. The Morgan fingerprint density at radius 2 is 2.32 bits per heavy atom. The molecule has 0 bridgehead atoms. The Hall–Kier alpha value is -1.80. The van der Waals surface area contributed by atoms with Crippen LogP contribution in [0.25, 0.3) is 0 Å². The molecule has 0 saturated carbocycles. The maximum absolute atomic E-state index is 11.3. The molecule has 0 aliphatic carbocycles. The van der Waals surface area contributed by atoms with Gasteiger partial charge in [0, 0.05) is 12.6 Å². The standard InChI is InChI=1S/C10H11ClN6OS/c1-2-13-9-14-4-5(11)8(17-9)19-10-15-6(12)3-7(18)16-10/h3-4H,2H2,1H3,(H,13,14,17)(H3,12,15,16,18). The first-order valence-corrected chi connectivity index (χ1v) is 6.59. The van der Waals surface area contributed by atoms with E-state index in [-0.39, 0.29) is 11.4 Å². The molecular formula is C10H11ClN6OS. The second kappa shape index (κ2) is 5.89. The topological polar surface area (TPSA) is 110 Å². The normalized spacial score (nSPS) is 10.4.